The van der Waals surface area contributed by atoms with Gasteiger partial charge >= 0.3 is 6.09 Å². The SMILES string of the molecule is Cc1c(-c2cc3cc(N(C(=O)O)C4CN(c5cnn(C)c5)C4)ncc3c(N)c2F)cnc2c1NCCO2. The molecule has 6 rings (SSSR count). The van der Waals surface area contributed by atoms with Gasteiger partial charge in [0.25, 0.3) is 0 Å². The molecule has 0 saturated carbocycles. The Morgan fingerprint density at radius 2 is 2.05 bits per heavy atom. The van der Waals surface area contributed by atoms with Crippen LogP contribution in [0.3, 0.4) is 0 Å². The number of amides is 1. The fourth-order valence-electron chi connectivity index (χ4n) is 4.95. The van der Waals surface area contributed by atoms with Crippen molar-refractivity contribution in [1.82, 2.24) is 19.7 Å². The number of nitrogens with zero attached hydrogens (tertiary/aromatic N) is 6. The van der Waals surface area contributed by atoms with Crippen LogP contribution >= 0.6 is 0 Å². The van der Waals surface area contributed by atoms with E-state index in [4.69, 9.17) is 10.5 Å². The Kier molecular flexibility index (Phi) is 5.25. The summed E-state index contributed by atoms with van der Waals surface area (Å²) in [6.45, 7) is 4.01. The van der Waals surface area contributed by atoms with Crippen molar-refractivity contribution in [1.29, 1.82) is 0 Å². The molecule has 0 aliphatic carbocycles. The van der Waals surface area contributed by atoms with Gasteiger partial charge in [-0.2, -0.15) is 5.10 Å². The number of anilines is 4. The molecule has 1 amide bonds. The molecule has 4 N–H and O–H groups in total. The Labute approximate surface area is 211 Å². The number of nitrogens with one attached hydrogen (secondary N) is 1. The van der Waals surface area contributed by atoms with Crippen molar-refractivity contribution in [3.8, 4) is 17.0 Å². The van der Waals surface area contributed by atoms with E-state index in [1.165, 1.54) is 11.1 Å². The van der Waals surface area contributed by atoms with E-state index < -0.39 is 11.9 Å². The molecule has 2 aliphatic heterocycles. The van der Waals surface area contributed by atoms with E-state index in [9.17, 15) is 9.90 Å². The van der Waals surface area contributed by atoms with E-state index in [1.807, 2.05) is 25.1 Å². The second kappa shape index (κ2) is 8.50. The average Bonchev–Trinajstić information content (AvgIpc) is 3.29. The number of nitrogens with two attached hydrogens (primary N) is 1. The minimum Gasteiger partial charge on any atom is -0.474 e. The Hall–Kier alpha value is -4.61. The third kappa shape index (κ3) is 3.72. The second-order valence-corrected chi connectivity index (χ2v) is 9.25. The first kappa shape index (κ1) is 22.8. The molecule has 190 valence electrons. The molecule has 1 fully saturated rings. The van der Waals surface area contributed by atoms with Gasteiger partial charge in [0.05, 0.1) is 23.6 Å². The fraction of sp³-hybridized carbons (Fsp3) is 0.280. The summed E-state index contributed by atoms with van der Waals surface area (Å²) < 4.78 is 22.8. The van der Waals surface area contributed by atoms with Crippen molar-refractivity contribution >= 4 is 39.7 Å². The monoisotopic (exact) mass is 504 g/mol. The number of rotatable bonds is 4. The number of halogens is 1. The molecule has 0 atom stereocenters. The van der Waals surface area contributed by atoms with E-state index in [-0.39, 0.29) is 23.1 Å². The summed E-state index contributed by atoms with van der Waals surface area (Å²) in [5, 5.41) is 18.4. The van der Waals surface area contributed by atoms with E-state index >= 15 is 4.39 Å². The molecular formula is C25H25FN8O3. The number of carboxylic acid groups (broad SMARTS) is 1. The van der Waals surface area contributed by atoms with Gasteiger partial charge in [0.1, 0.15) is 18.1 Å². The first-order valence-corrected chi connectivity index (χ1v) is 11.8. The standard InChI is InChI=1S/C25H25FN8O3/c1-13-18(8-30-24-23(13)28-3-4-37-24)17-5-14-6-20(29-9-19(14)22(27)21(17)26)34(25(35)36)16-11-33(12-16)15-7-31-32(2)10-15/h5-10,16,28H,3-4,11-12,27H2,1-2H3,(H,35,36). The fourth-order valence-corrected chi connectivity index (χ4v) is 4.95. The quantitative estimate of drug-likeness (QED) is 0.358. The molecule has 0 unspecified atom stereocenters. The molecule has 3 aromatic heterocycles. The minimum absolute atomic E-state index is 0.0545. The molecule has 0 spiro atoms. The maximum atomic E-state index is 15.5. The number of fused-ring (bicyclic) bond motifs is 2. The molecular weight excluding hydrogens is 479 g/mol. The maximum absolute atomic E-state index is 15.5. The molecule has 5 heterocycles. The number of aryl methyl sites for hydroxylation is 1. The van der Waals surface area contributed by atoms with Crippen LogP contribution in [0.4, 0.5) is 32.1 Å². The van der Waals surface area contributed by atoms with Crippen molar-refractivity contribution in [3.63, 3.8) is 0 Å². The summed E-state index contributed by atoms with van der Waals surface area (Å²) in [6.07, 6.45) is 5.51. The number of hydrogen-bond donors (Lipinski definition) is 3. The lowest BCUT2D eigenvalue weighted by Gasteiger charge is -2.44. The van der Waals surface area contributed by atoms with Gasteiger partial charge in [0.2, 0.25) is 5.88 Å². The lowest BCUT2D eigenvalue weighted by Crippen LogP contribution is -2.61. The first-order valence-electron chi connectivity index (χ1n) is 11.8. The Balaban J connectivity index is 1.37. The third-order valence-corrected chi connectivity index (χ3v) is 6.96. The van der Waals surface area contributed by atoms with Crippen molar-refractivity contribution in [3.05, 3.63) is 48.3 Å². The number of pyridine rings is 2. The van der Waals surface area contributed by atoms with Crippen molar-refractivity contribution < 1.29 is 19.0 Å². The van der Waals surface area contributed by atoms with Crippen LogP contribution in [0.5, 0.6) is 5.88 Å². The summed E-state index contributed by atoms with van der Waals surface area (Å²) in [4.78, 5) is 24.2. The third-order valence-electron chi connectivity index (χ3n) is 6.96. The largest absolute Gasteiger partial charge is 0.474 e. The molecule has 1 aromatic carbocycles. The minimum atomic E-state index is -1.11. The number of aromatic nitrogens is 4. The van der Waals surface area contributed by atoms with Crippen LogP contribution < -0.4 is 25.6 Å². The van der Waals surface area contributed by atoms with Crippen molar-refractivity contribution in [2.24, 2.45) is 7.05 Å². The Morgan fingerprint density at radius 3 is 2.78 bits per heavy atom. The maximum Gasteiger partial charge on any atom is 0.413 e. The van der Waals surface area contributed by atoms with Crippen molar-refractivity contribution in [2.45, 2.75) is 13.0 Å². The second-order valence-electron chi connectivity index (χ2n) is 9.25. The predicted molar refractivity (Wildman–Crippen MR) is 138 cm³/mol. The van der Waals surface area contributed by atoms with Gasteiger partial charge in [-0.1, -0.05) is 0 Å². The highest BCUT2D eigenvalue weighted by Gasteiger charge is 2.37. The summed E-state index contributed by atoms with van der Waals surface area (Å²) in [5.74, 6) is 0.152. The predicted octanol–water partition coefficient (Wildman–Crippen LogP) is 3.24. The average molecular weight is 505 g/mol. The molecule has 0 bridgehead atoms. The van der Waals surface area contributed by atoms with Crippen LogP contribution in [-0.2, 0) is 7.05 Å². The van der Waals surface area contributed by atoms with Gasteiger partial charge in [-0.3, -0.25) is 9.58 Å². The van der Waals surface area contributed by atoms with Gasteiger partial charge in [-0.15, -0.1) is 0 Å². The summed E-state index contributed by atoms with van der Waals surface area (Å²) in [7, 11) is 1.83. The Morgan fingerprint density at radius 1 is 1.24 bits per heavy atom. The van der Waals surface area contributed by atoms with Gasteiger partial charge in [-0.05, 0) is 30.0 Å². The topological polar surface area (TPSA) is 135 Å². The normalized spacial score (nSPS) is 15.1. The zero-order valence-corrected chi connectivity index (χ0v) is 20.3. The zero-order valence-electron chi connectivity index (χ0n) is 20.3. The van der Waals surface area contributed by atoms with E-state index in [1.54, 1.807) is 29.2 Å². The van der Waals surface area contributed by atoms with Gasteiger partial charge in [0.15, 0.2) is 5.82 Å². The number of nitrogen functional groups attached to an aromatic ring is 1. The summed E-state index contributed by atoms with van der Waals surface area (Å²) in [6, 6.07) is 3.01. The molecule has 0 radical (unpaired) electrons. The molecule has 2 aliphatic rings. The molecule has 1 saturated heterocycles. The van der Waals surface area contributed by atoms with Crippen LogP contribution in [0.1, 0.15) is 5.56 Å². The van der Waals surface area contributed by atoms with Gasteiger partial charge in [-0.25, -0.2) is 19.2 Å². The Bertz CT molecular complexity index is 1550. The first-order chi connectivity index (χ1) is 17.8. The van der Waals surface area contributed by atoms with Gasteiger partial charge < -0.3 is 25.8 Å². The van der Waals surface area contributed by atoms with Crippen LogP contribution in [0.15, 0.2) is 36.9 Å². The smallest absolute Gasteiger partial charge is 0.413 e. The highest BCUT2D eigenvalue weighted by molar-refractivity contribution is 6.00. The lowest BCUT2D eigenvalue weighted by molar-refractivity contribution is 0.197. The highest BCUT2D eigenvalue weighted by atomic mass is 19.1. The zero-order chi connectivity index (χ0) is 25.8. The highest BCUT2D eigenvalue weighted by Crippen LogP contribution is 2.40. The molecule has 4 aromatic rings. The lowest BCUT2D eigenvalue weighted by atomic mass is 9.97. The van der Waals surface area contributed by atoms with Crippen molar-refractivity contribution in [2.75, 3.05) is 47.1 Å². The number of ether oxygens (including phenoxy) is 1. The van der Waals surface area contributed by atoms with E-state index in [0.29, 0.717) is 48.5 Å². The van der Waals surface area contributed by atoms with Crippen LogP contribution in [0, 0.1) is 12.7 Å². The van der Waals surface area contributed by atoms with E-state index in [2.05, 4.69) is 20.4 Å². The van der Waals surface area contributed by atoms with Gasteiger partial charge in [0, 0.05) is 61.8 Å². The van der Waals surface area contributed by atoms with Crippen LogP contribution in [0.25, 0.3) is 21.9 Å². The molecule has 11 nitrogen and oxygen atoms in total. The molecule has 12 heteroatoms. The molecule has 37 heavy (non-hydrogen) atoms. The number of hydrogen-bond acceptors (Lipinski definition) is 8. The number of benzene rings is 1. The van der Waals surface area contributed by atoms with Crippen LogP contribution in [-0.4, -0.2) is 63.2 Å². The van der Waals surface area contributed by atoms with Crippen LogP contribution in [0.2, 0.25) is 0 Å². The summed E-state index contributed by atoms with van der Waals surface area (Å²) >= 11 is 0. The van der Waals surface area contributed by atoms with E-state index in [0.717, 1.165) is 16.9 Å². The summed E-state index contributed by atoms with van der Waals surface area (Å²) in [5.41, 5.74) is 9.42. The number of carbonyl (C=O) groups is 1.